The molecule has 0 radical (unpaired) electrons. The van der Waals surface area contributed by atoms with E-state index >= 15 is 0 Å². The molecule has 138 valence electrons. The van der Waals surface area contributed by atoms with Gasteiger partial charge in [0.05, 0.1) is 23.8 Å². The highest BCUT2D eigenvalue weighted by molar-refractivity contribution is 9.10. The highest BCUT2D eigenvalue weighted by atomic mass is 79.9. The predicted octanol–water partition coefficient (Wildman–Crippen LogP) is 4.84. The Morgan fingerprint density at radius 1 is 1.31 bits per heavy atom. The number of rotatable bonds is 4. The summed E-state index contributed by atoms with van der Waals surface area (Å²) in [7, 11) is 1.28. The van der Waals surface area contributed by atoms with Gasteiger partial charge in [0.25, 0.3) is 0 Å². The van der Waals surface area contributed by atoms with Gasteiger partial charge in [0.2, 0.25) is 0 Å². The van der Waals surface area contributed by atoms with Crippen LogP contribution < -0.4 is 9.64 Å². The molecule has 26 heavy (non-hydrogen) atoms. The van der Waals surface area contributed by atoms with Gasteiger partial charge in [-0.25, -0.2) is 8.78 Å². The van der Waals surface area contributed by atoms with Crippen LogP contribution in [0.4, 0.5) is 20.2 Å². The summed E-state index contributed by atoms with van der Waals surface area (Å²) in [6.07, 6.45) is -0.660. The van der Waals surface area contributed by atoms with Gasteiger partial charge in [0.1, 0.15) is 6.17 Å². The molecule has 0 amide bonds. The molecule has 1 aliphatic heterocycles. The molecule has 5 nitrogen and oxygen atoms in total. The van der Waals surface area contributed by atoms with Gasteiger partial charge >= 0.3 is 5.69 Å². The van der Waals surface area contributed by atoms with E-state index in [4.69, 9.17) is 4.74 Å². The Morgan fingerprint density at radius 2 is 2.00 bits per heavy atom. The smallest absolute Gasteiger partial charge is 0.313 e. The van der Waals surface area contributed by atoms with E-state index in [0.29, 0.717) is 13.0 Å². The van der Waals surface area contributed by atoms with Crippen molar-refractivity contribution in [3.05, 3.63) is 62.4 Å². The zero-order valence-corrected chi connectivity index (χ0v) is 15.6. The van der Waals surface area contributed by atoms with Gasteiger partial charge in [-0.3, -0.25) is 10.1 Å². The van der Waals surface area contributed by atoms with Gasteiger partial charge in [-0.15, -0.1) is 0 Å². The fraction of sp³-hybridized carbons (Fsp3) is 0.333. The van der Waals surface area contributed by atoms with Crippen molar-refractivity contribution in [1.82, 2.24) is 0 Å². The third-order valence-corrected chi connectivity index (χ3v) is 5.15. The number of benzene rings is 2. The normalized spacial score (nSPS) is 20.1. The molecule has 3 rings (SSSR count). The highest BCUT2D eigenvalue weighted by Gasteiger charge is 2.32. The third kappa shape index (κ3) is 3.65. The summed E-state index contributed by atoms with van der Waals surface area (Å²) >= 11 is 3.36. The average molecular weight is 427 g/mol. The largest absolute Gasteiger partial charge is 0.490 e. The summed E-state index contributed by atoms with van der Waals surface area (Å²) in [5.41, 5.74) is 0.571. The molecule has 1 heterocycles. The average Bonchev–Trinajstić information content (AvgIpc) is 2.62. The lowest BCUT2D eigenvalue weighted by molar-refractivity contribution is -0.385. The minimum atomic E-state index is -1.18. The Hall–Kier alpha value is -2.22. The van der Waals surface area contributed by atoms with Gasteiger partial charge in [-0.1, -0.05) is 28.1 Å². The molecule has 0 bridgehead atoms. The molecule has 0 aliphatic carbocycles. The summed E-state index contributed by atoms with van der Waals surface area (Å²) in [5.74, 6) is -1.06. The lowest BCUT2D eigenvalue weighted by atomic mass is 9.88. The van der Waals surface area contributed by atoms with Crippen molar-refractivity contribution in [1.29, 1.82) is 0 Å². The quantitative estimate of drug-likeness (QED) is 0.518. The van der Waals surface area contributed by atoms with Gasteiger partial charge in [0.15, 0.2) is 11.6 Å². The highest BCUT2D eigenvalue weighted by Crippen LogP contribution is 2.38. The molecule has 1 saturated heterocycles. The molecule has 0 aromatic heterocycles. The Kier molecular flexibility index (Phi) is 5.41. The second-order valence-corrected chi connectivity index (χ2v) is 7.06. The fourth-order valence-corrected chi connectivity index (χ4v) is 3.55. The van der Waals surface area contributed by atoms with Crippen molar-refractivity contribution in [3.63, 3.8) is 0 Å². The summed E-state index contributed by atoms with van der Waals surface area (Å²) in [5, 5.41) is 11.0. The Bertz CT molecular complexity index is 817. The molecule has 8 heteroatoms. The second kappa shape index (κ2) is 7.57. The van der Waals surface area contributed by atoms with Crippen LogP contribution >= 0.6 is 15.9 Å². The lowest BCUT2D eigenvalue weighted by Gasteiger charge is -2.36. The zero-order chi connectivity index (χ0) is 18.8. The van der Waals surface area contributed by atoms with E-state index < -0.39 is 22.6 Å². The molecular weight excluding hydrogens is 410 g/mol. The Balaban J connectivity index is 1.82. The van der Waals surface area contributed by atoms with Gasteiger partial charge < -0.3 is 9.64 Å². The molecule has 0 N–H and O–H groups in total. The first-order chi connectivity index (χ1) is 12.4. The number of anilines is 1. The van der Waals surface area contributed by atoms with E-state index in [2.05, 4.69) is 15.9 Å². The van der Waals surface area contributed by atoms with E-state index in [0.717, 1.165) is 16.1 Å². The second-order valence-electron chi connectivity index (χ2n) is 6.14. The van der Waals surface area contributed by atoms with Gasteiger partial charge in [-0.2, -0.15) is 0 Å². The summed E-state index contributed by atoms with van der Waals surface area (Å²) in [4.78, 5) is 11.8. The molecule has 1 fully saturated rings. The Labute approximate surface area is 157 Å². The first-order valence-corrected chi connectivity index (χ1v) is 8.86. The van der Waals surface area contributed by atoms with E-state index in [1.165, 1.54) is 13.2 Å². The van der Waals surface area contributed by atoms with E-state index in [1.807, 2.05) is 24.3 Å². The molecule has 1 aliphatic rings. The van der Waals surface area contributed by atoms with Crippen molar-refractivity contribution in [3.8, 4) is 5.75 Å². The van der Waals surface area contributed by atoms with Crippen LogP contribution in [0.1, 0.15) is 17.9 Å². The molecule has 2 unspecified atom stereocenters. The molecule has 0 spiro atoms. The van der Waals surface area contributed by atoms with Crippen LogP contribution in [0, 0.1) is 15.9 Å². The van der Waals surface area contributed by atoms with Crippen LogP contribution in [0.15, 0.2) is 40.9 Å². The van der Waals surface area contributed by atoms with Crippen molar-refractivity contribution in [2.24, 2.45) is 0 Å². The number of hydrogen-bond acceptors (Lipinski definition) is 4. The number of nitro groups is 1. The first kappa shape index (κ1) is 18.6. The molecular formula is C18H17BrF2N2O3. The number of alkyl halides is 1. The lowest BCUT2D eigenvalue weighted by Crippen LogP contribution is -2.41. The summed E-state index contributed by atoms with van der Waals surface area (Å²) in [6.45, 7) is 0.456. The fourth-order valence-electron chi connectivity index (χ4n) is 3.29. The number of nitrogens with zero attached hydrogens (tertiary/aromatic N) is 2. The Morgan fingerprint density at radius 3 is 2.58 bits per heavy atom. The van der Waals surface area contributed by atoms with Crippen molar-refractivity contribution >= 4 is 27.3 Å². The third-order valence-electron chi connectivity index (χ3n) is 4.63. The van der Waals surface area contributed by atoms with E-state index in [1.54, 1.807) is 4.90 Å². The van der Waals surface area contributed by atoms with Crippen LogP contribution in [0.25, 0.3) is 0 Å². The van der Waals surface area contributed by atoms with Crippen LogP contribution in [0.2, 0.25) is 0 Å². The molecule has 2 atom stereocenters. The summed E-state index contributed by atoms with van der Waals surface area (Å²) in [6, 6.07) is 9.59. The molecule has 0 saturated carbocycles. The maximum absolute atomic E-state index is 14.8. The zero-order valence-electron chi connectivity index (χ0n) is 14.0. The first-order valence-electron chi connectivity index (χ1n) is 8.07. The number of halogens is 3. The number of hydrogen-bond donors (Lipinski definition) is 0. The molecule has 2 aromatic carbocycles. The van der Waals surface area contributed by atoms with Gasteiger partial charge in [-0.05, 0) is 24.1 Å². The molecule has 2 aromatic rings. The number of ether oxygens (including phenoxy) is 1. The van der Waals surface area contributed by atoms with Crippen LogP contribution in [0.3, 0.4) is 0 Å². The van der Waals surface area contributed by atoms with Crippen molar-refractivity contribution < 1.29 is 18.4 Å². The standard InChI is InChI=1S/C18H17BrF2N2O3/c1-26-18-9-16(14(20)8-17(18)23(24)25)22-7-6-13(15(21)10-22)11-2-4-12(19)5-3-11/h2-5,8-9,13,15H,6-7,10H2,1H3. The minimum absolute atomic E-state index is 0.0125. The summed E-state index contributed by atoms with van der Waals surface area (Å²) < 4.78 is 35.1. The monoisotopic (exact) mass is 426 g/mol. The minimum Gasteiger partial charge on any atom is -0.490 e. The van der Waals surface area contributed by atoms with E-state index in [-0.39, 0.29) is 23.9 Å². The van der Waals surface area contributed by atoms with E-state index in [9.17, 15) is 18.9 Å². The maximum atomic E-state index is 14.8. The van der Waals surface area contributed by atoms with Crippen molar-refractivity contribution in [2.75, 3.05) is 25.1 Å². The van der Waals surface area contributed by atoms with Crippen LogP contribution in [-0.2, 0) is 0 Å². The maximum Gasteiger partial charge on any atom is 0.313 e. The SMILES string of the molecule is COc1cc(N2CCC(c3ccc(Br)cc3)C(F)C2)c(F)cc1[N+](=O)[O-]. The number of nitro benzene ring substituents is 1. The van der Waals surface area contributed by atoms with Gasteiger partial charge in [0, 0.05) is 29.5 Å². The number of piperidine rings is 1. The predicted molar refractivity (Wildman–Crippen MR) is 98.2 cm³/mol. The van der Waals surface area contributed by atoms with Crippen LogP contribution in [-0.4, -0.2) is 31.3 Å². The van der Waals surface area contributed by atoms with Crippen LogP contribution in [0.5, 0.6) is 5.75 Å². The van der Waals surface area contributed by atoms with Crippen molar-refractivity contribution in [2.45, 2.75) is 18.5 Å². The topological polar surface area (TPSA) is 55.6 Å². The number of methoxy groups -OCH3 is 1.